The normalized spacial score (nSPS) is 8.62. The van der Waals surface area contributed by atoms with Crippen LogP contribution in [0.25, 0.3) is 0 Å². The van der Waals surface area contributed by atoms with E-state index >= 15 is 0 Å². The highest BCUT2D eigenvalue weighted by Crippen LogP contribution is 2.16. The third-order valence-corrected chi connectivity index (χ3v) is 1.62. The first-order valence-corrected chi connectivity index (χ1v) is 3.58. The Morgan fingerprint density at radius 3 is 2.54 bits per heavy atom. The highest BCUT2D eigenvalue weighted by Gasteiger charge is 2.08. The van der Waals surface area contributed by atoms with E-state index < -0.39 is 0 Å². The molecule has 0 saturated heterocycles. The van der Waals surface area contributed by atoms with E-state index in [4.69, 9.17) is 15.3 Å². The second-order valence-electron chi connectivity index (χ2n) is 2.40. The molecule has 0 N–H and O–H groups in total. The van der Waals surface area contributed by atoms with E-state index in [1.807, 2.05) is 12.1 Å². The maximum atomic E-state index is 8.71. The van der Waals surface area contributed by atoms with Gasteiger partial charge in [-0.2, -0.15) is 10.5 Å². The number of aromatic nitrogens is 1. The minimum atomic E-state index is 0.298. The summed E-state index contributed by atoms with van der Waals surface area (Å²) < 4.78 is 4.87. The lowest BCUT2D eigenvalue weighted by molar-refractivity contribution is 0.396. The number of methoxy groups -OCH3 is 1. The van der Waals surface area contributed by atoms with Crippen LogP contribution in [0.3, 0.4) is 0 Å². The molecule has 0 spiro atoms. The van der Waals surface area contributed by atoms with Crippen molar-refractivity contribution in [1.82, 2.24) is 4.98 Å². The first-order valence-electron chi connectivity index (χ1n) is 3.58. The van der Waals surface area contributed by atoms with Gasteiger partial charge in [-0.1, -0.05) is 0 Å². The van der Waals surface area contributed by atoms with Gasteiger partial charge in [0.15, 0.2) is 0 Å². The minimum absolute atomic E-state index is 0.298. The summed E-state index contributed by atoms with van der Waals surface area (Å²) in [6.45, 7) is 1.67. The molecule has 0 amide bonds. The number of hydrogen-bond acceptors (Lipinski definition) is 4. The SMILES string of the molecule is COc1cc(C#N)c(C#N)c(C)n1. The Morgan fingerprint density at radius 2 is 2.08 bits per heavy atom. The van der Waals surface area contributed by atoms with Crippen molar-refractivity contribution in [2.75, 3.05) is 7.11 Å². The van der Waals surface area contributed by atoms with Crippen LogP contribution >= 0.6 is 0 Å². The lowest BCUT2D eigenvalue weighted by Crippen LogP contribution is -1.96. The molecule has 1 heterocycles. The number of pyridine rings is 1. The minimum Gasteiger partial charge on any atom is -0.481 e. The van der Waals surface area contributed by atoms with Crippen LogP contribution in [0, 0.1) is 29.6 Å². The Morgan fingerprint density at radius 1 is 1.38 bits per heavy atom. The lowest BCUT2D eigenvalue weighted by Gasteiger charge is -2.02. The van der Waals surface area contributed by atoms with Gasteiger partial charge in [0.1, 0.15) is 12.1 Å². The molecule has 0 bridgehead atoms. The van der Waals surface area contributed by atoms with Crippen LogP contribution in [0.15, 0.2) is 6.07 Å². The fourth-order valence-corrected chi connectivity index (χ4v) is 0.978. The van der Waals surface area contributed by atoms with Crippen LogP contribution in [0.5, 0.6) is 5.88 Å². The molecule has 0 atom stereocenters. The molecule has 0 unspecified atom stereocenters. The summed E-state index contributed by atoms with van der Waals surface area (Å²) in [7, 11) is 1.47. The molecule has 0 aliphatic heterocycles. The van der Waals surface area contributed by atoms with Gasteiger partial charge in [-0.3, -0.25) is 0 Å². The van der Waals surface area contributed by atoms with Gasteiger partial charge in [0.05, 0.1) is 23.9 Å². The van der Waals surface area contributed by atoms with Gasteiger partial charge >= 0.3 is 0 Å². The summed E-state index contributed by atoms with van der Waals surface area (Å²) in [5.41, 5.74) is 1.12. The smallest absolute Gasteiger partial charge is 0.214 e. The van der Waals surface area contributed by atoms with Gasteiger partial charge < -0.3 is 4.74 Å². The fourth-order valence-electron chi connectivity index (χ4n) is 0.978. The summed E-state index contributed by atoms with van der Waals surface area (Å²) >= 11 is 0. The molecule has 0 aliphatic carbocycles. The molecule has 0 aliphatic rings. The maximum Gasteiger partial charge on any atom is 0.214 e. The molecule has 0 radical (unpaired) electrons. The van der Waals surface area contributed by atoms with Crippen molar-refractivity contribution in [3.05, 3.63) is 22.9 Å². The first kappa shape index (κ1) is 9.02. The third kappa shape index (κ3) is 1.57. The zero-order valence-electron chi connectivity index (χ0n) is 7.33. The van der Waals surface area contributed by atoms with E-state index in [0.29, 0.717) is 22.7 Å². The Balaban J connectivity index is 3.42. The summed E-state index contributed by atoms with van der Waals surface area (Å²) in [4.78, 5) is 3.98. The Labute approximate surface area is 76.0 Å². The van der Waals surface area contributed by atoms with Crippen LogP contribution in [-0.2, 0) is 0 Å². The molecule has 0 fully saturated rings. The van der Waals surface area contributed by atoms with Crippen LogP contribution in [-0.4, -0.2) is 12.1 Å². The van der Waals surface area contributed by atoms with Crippen molar-refractivity contribution in [2.24, 2.45) is 0 Å². The number of ether oxygens (including phenoxy) is 1. The Bertz CT molecular complexity index is 412. The number of nitrogens with zero attached hydrogens (tertiary/aromatic N) is 3. The molecule has 4 nitrogen and oxygen atoms in total. The standard InChI is InChI=1S/C9H7N3O/c1-6-8(5-11)7(4-10)3-9(12-6)13-2/h3H,1-2H3. The highest BCUT2D eigenvalue weighted by atomic mass is 16.5. The number of nitriles is 2. The van der Waals surface area contributed by atoms with Gasteiger partial charge in [-0.05, 0) is 6.92 Å². The highest BCUT2D eigenvalue weighted by molar-refractivity contribution is 5.49. The van der Waals surface area contributed by atoms with E-state index in [2.05, 4.69) is 4.98 Å². The van der Waals surface area contributed by atoms with E-state index in [1.165, 1.54) is 13.2 Å². The predicted octanol–water partition coefficient (Wildman–Crippen LogP) is 1.14. The van der Waals surface area contributed by atoms with E-state index in [0.717, 1.165) is 0 Å². The summed E-state index contributed by atoms with van der Waals surface area (Å²) in [6, 6.07) is 5.30. The Hall–Kier alpha value is -2.07. The molecule has 0 saturated carbocycles. The molecule has 1 rings (SSSR count). The van der Waals surface area contributed by atoms with Crippen molar-refractivity contribution < 1.29 is 4.74 Å². The number of hydrogen-bond donors (Lipinski definition) is 0. The van der Waals surface area contributed by atoms with Crippen LogP contribution in [0.1, 0.15) is 16.8 Å². The summed E-state index contributed by atoms with van der Waals surface area (Å²) in [6.07, 6.45) is 0. The van der Waals surface area contributed by atoms with E-state index in [-0.39, 0.29) is 0 Å². The quantitative estimate of drug-likeness (QED) is 0.638. The number of rotatable bonds is 1. The summed E-state index contributed by atoms with van der Waals surface area (Å²) in [5, 5.41) is 17.4. The topological polar surface area (TPSA) is 69.7 Å². The maximum absolute atomic E-state index is 8.71. The van der Waals surface area contributed by atoms with E-state index in [1.54, 1.807) is 6.92 Å². The van der Waals surface area contributed by atoms with Gasteiger partial charge in [0.25, 0.3) is 0 Å². The van der Waals surface area contributed by atoms with Crippen LogP contribution in [0.2, 0.25) is 0 Å². The van der Waals surface area contributed by atoms with Gasteiger partial charge in [0.2, 0.25) is 5.88 Å². The van der Waals surface area contributed by atoms with Crippen LogP contribution in [0.4, 0.5) is 0 Å². The molecular weight excluding hydrogens is 166 g/mol. The zero-order chi connectivity index (χ0) is 9.84. The van der Waals surface area contributed by atoms with Crippen molar-refractivity contribution in [2.45, 2.75) is 6.92 Å². The molecular formula is C9H7N3O. The second-order valence-corrected chi connectivity index (χ2v) is 2.40. The number of aryl methyl sites for hydroxylation is 1. The van der Waals surface area contributed by atoms with Crippen molar-refractivity contribution in [1.29, 1.82) is 10.5 Å². The fraction of sp³-hybridized carbons (Fsp3) is 0.222. The third-order valence-electron chi connectivity index (χ3n) is 1.62. The molecule has 0 aromatic carbocycles. The molecule has 1 aromatic rings. The van der Waals surface area contributed by atoms with Crippen molar-refractivity contribution in [3.8, 4) is 18.0 Å². The van der Waals surface area contributed by atoms with Crippen molar-refractivity contribution >= 4 is 0 Å². The van der Waals surface area contributed by atoms with Crippen molar-refractivity contribution in [3.63, 3.8) is 0 Å². The lowest BCUT2D eigenvalue weighted by atomic mass is 10.1. The predicted molar refractivity (Wildman–Crippen MR) is 45.0 cm³/mol. The molecule has 13 heavy (non-hydrogen) atoms. The van der Waals surface area contributed by atoms with Crippen LogP contribution < -0.4 is 4.74 Å². The molecule has 4 heteroatoms. The van der Waals surface area contributed by atoms with E-state index in [9.17, 15) is 0 Å². The monoisotopic (exact) mass is 173 g/mol. The second kappa shape index (κ2) is 3.55. The van der Waals surface area contributed by atoms with Gasteiger partial charge in [-0.25, -0.2) is 4.98 Å². The van der Waals surface area contributed by atoms with Gasteiger partial charge in [-0.15, -0.1) is 0 Å². The molecule has 1 aromatic heterocycles. The average molecular weight is 173 g/mol. The summed E-state index contributed by atoms with van der Waals surface area (Å²) in [5.74, 6) is 0.355. The Kier molecular flexibility index (Phi) is 2.47. The largest absolute Gasteiger partial charge is 0.481 e. The van der Waals surface area contributed by atoms with Gasteiger partial charge in [0, 0.05) is 6.07 Å². The first-order chi connectivity index (χ1) is 6.22. The molecule has 64 valence electrons. The zero-order valence-corrected chi connectivity index (χ0v) is 7.33. The average Bonchev–Trinajstić information content (AvgIpc) is 2.16.